The van der Waals surface area contributed by atoms with E-state index in [1.807, 2.05) is 13.8 Å². The minimum atomic E-state index is -0.445. The fourth-order valence-corrected chi connectivity index (χ4v) is 1.70. The molecule has 0 bridgehead atoms. The zero-order chi connectivity index (χ0) is 13.7. The largest absolute Gasteiger partial charge is 0.488 e. The van der Waals surface area contributed by atoms with Crippen molar-refractivity contribution in [3.05, 3.63) is 28.8 Å². The second kappa shape index (κ2) is 6.37. The summed E-state index contributed by atoms with van der Waals surface area (Å²) >= 11 is 0. The summed E-state index contributed by atoms with van der Waals surface area (Å²) in [4.78, 5) is 11.1. The number of hydrogen-bond acceptors (Lipinski definition) is 4. The number of hydrogen-bond donors (Lipinski definition) is 1. The highest BCUT2D eigenvalue weighted by atomic mass is 16.7. The van der Waals surface area contributed by atoms with Crippen molar-refractivity contribution in [1.29, 1.82) is 0 Å². The van der Waals surface area contributed by atoms with Gasteiger partial charge in [0, 0.05) is 19.8 Å². The maximum absolute atomic E-state index is 11.1. The van der Waals surface area contributed by atoms with Crippen molar-refractivity contribution < 1.29 is 19.0 Å². The Labute approximate surface area is 107 Å². The van der Waals surface area contributed by atoms with Gasteiger partial charge in [-0.1, -0.05) is 0 Å². The predicted octanol–water partition coefficient (Wildman–Crippen LogP) is 1.40. The van der Waals surface area contributed by atoms with Gasteiger partial charge >= 0.3 is 0 Å². The van der Waals surface area contributed by atoms with E-state index in [1.54, 1.807) is 26.4 Å². The first kappa shape index (κ1) is 14.5. The zero-order valence-corrected chi connectivity index (χ0v) is 11.1. The first-order valence-electron chi connectivity index (χ1n) is 5.59. The van der Waals surface area contributed by atoms with Crippen LogP contribution in [0.3, 0.4) is 0 Å². The van der Waals surface area contributed by atoms with Crippen molar-refractivity contribution in [2.45, 2.75) is 20.1 Å². The Morgan fingerprint density at radius 1 is 1.22 bits per heavy atom. The van der Waals surface area contributed by atoms with Crippen molar-refractivity contribution in [3.8, 4) is 5.75 Å². The molecule has 18 heavy (non-hydrogen) atoms. The van der Waals surface area contributed by atoms with Crippen LogP contribution in [0.5, 0.6) is 5.75 Å². The molecule has 1 amide bonds. The van der Waals surface area contributed by atoms with Crippen LogP contribution in [-0.4, -0.2) is 33.0 Å². The SMILES string of the molecule is COC(COc1c(C)cc(C(N)=O)cc1C)OC. The number of rotatable bonds is 6. The first-order valence-corrected chi connectivity index (χ1v) is 5.59. The van der Waals surface area contributed by atoms with Gasteiger partial charge in [0.25, 0.3) is 0 Å². The van der Waals surface area contributed by atoms with Crippen LogP contribution >= 0.6 is 0 Å². The van der Waals surface area contributed by atoms with Crippen LogP contribution in [0.25, 0.3) is 0 Å². The van der Waals surface area contributed by atoms with Crippen molar-refractivity contribution in [2.75, 3.05) is 20.8 Å². The highest BCUT2D eigenvalue weighted by Crippen LogP contribution is 2.25. The normalized spacial score (nSPS) is 10.7. The van der Waals surface area contributed by atoms with Crippen LogP contribution in [0.4, 0.5) is 0 Å². The fourth-order valence-electron chi connectivity index (χ4n) is 1.70. The van der Waals surface area contributed by atoms with E-state index in [0.717, 1.165) is 16.9 Å². The Hall–Kier alpha value is -1.59. The smallest absolute Gasteiger partial charge is 0.248 e. The number of ether oxygens (including phenoxy) is 3. The van der Waals surface area contributed by atoms with E-state index in [0.29, 0.717) is 5.56 Å². The van der Waals surface area contributed by atoms with Crippen LogP contribution in [0, 0.1) is 13.8 Å². The molecular formula is C13H19NO4. The van der Waals surface area contributed by atoms with Crippen LogP contribution < -0.4 is 10.5 Å². The number of carbonyl (C=O) groups excluding carboxylic acids is 1. The molecule has 0 saturated heterocycles. The molecule has 2 N–H and O–H groups in total. The van der Waals surface area contributed by atoms with Gasteiger partial charge in [0.05, 0.1) is 0 Å². The van der Waals surface area contributed by atoms with Gasteiger partial charge in [-0.25, -0.2) is 0 Å². The molecule has 0 unspecified atom stereocenters. The van der Waals surface area contributed by atoms with E-state index in [9.17, 15) is 4.79 Å². The maximum Gasteiger partial charge on any atom is 0.248 e. The molecule has 100 valence electrons. The minimum absolute atomic E-state index is 0.282. The van der Waals surface area contributed by atoms with Crippen molar-refractivity contribution in [3.63, 3.8) is 0 Å². The lowest BCUT2D eigenvalue weighted by Gasteiger charge is -2.17. The van der Waals surface area contributed by atoms with Crippen LogP contribution in [-0.2, 0) is 9.47 Å². The summed E-state index contributed by atoms with van der Waals surface area (Å²) in [5.41, 5.74) is 7.44. The molecule has 0 fully saturated rings. The summed E-state index contributed by atoms with van der Waals surface area (Å²) in [7, 11) is 3.10. The lowest BCUT2D eigenvalue weighted by Crippen LogP contribution is -2.22. The Kier molecular flexibility index (Phi) is 5.12. The van der Waals surface area contributed by atoms with Gasteiger partial charge in [0.15, 0.2) is 6.29 Å². The molecule has 1 aromatic carbocycles. The molecule has 0 aliphatic heterocycles. The van der Waals surface area contributed by atoms with Gasteiger partial charge in [-0.3, -0.25) is 4.79 Å². The molecule has 0 spiro atoms. The quantitative estimate of drug-likeness (QED) is 0.778. The summed E-state index contributed by atoms with van der Waals surface area (Å²) in [6.45, 7) is 4.01. The van der Waals surface area contributed by atoms with Crippen molar-refractivity contribution >= 4 is 5.91 Å². The number of nitrogens with two attached hydrogens (primary N) is 1. The van der Waals surface area contributed by atoms with E-state index in [1.165, 1.54) is 0 Å². The van der Waals surface area contributed by atoms with Gasteiger partial charge in [-0.15, -0.1) is 0 Å². The number of primary amides is 1. The number of aryl methyl sites for hydroxylation is 2. The average Bonchev–Trinajstić information content (AvgIpc) is 2.32. The number of methoxy groups -OCH3 is 2. The third kappa shape index (κ3) is 3.45. The Bertz CT molecular complexity index is 404. The number of amides is 1. The Morgan fingerprint density at radius 2 is 1.72 bits per heavy atom. The zero-order valence-electron chi connectivity index (χ0n) is 11.1. The average molecular weight is 253 g/mol. The second-order valence-corrected chi connectivity index (χ2v) is 4.02. The Morgan fingerprint density at radius 3 is 2.11 bits per heavy atom. The molecule has 0 heterocycles. The minimum Gasteiger partial charge on any atom is -0.488 e. The molecule has 0 radical (unpaired) electrons. The lowest BCUT2D eigenvalue weighted by atomic mass is 10.1. The second-order valence-electron chi connectivity index (χ2n) is 4.02. The molecule has 5 nitrogen and oxygen atoms in total. The van der Waals surface area contributed by atoms with E-state index in [-0.39, 0.29) is 6.61 Å². The van der Waals surface area contributed by atoms with Crippen molar-refractivity contribution in [1.82, 2.24) is 0 Å². The molecule has 0 saturated carbocycles. The van der Waals surface area contributed by atoms with Gasteiger partial charge in [0.2, 0.25) is 5.91 Å². The predicted molar refractivity (Wildman–Crippen MR) is 67.7 cm³/mol. The summed E-state index contributed by atoms with van der Waals surface area (Å²) in [5, 5.41) is 0. The summed E-state index contributed by atoms with van der Waals surface area (Å²) < 4.78 is 15.7. The highest BCUT2D eigenvalue weighted by molar-refractivity contribution is 5.93. The van der Waals surface area contributed by atoms with E-state index < -0.39 is 12.2 Å². The molecule has 0 aliphatic rings. The lowest BCUT2D eigenvalue weighted by molar-refractivity contribution is -0.122. The third-order valence-corrected chi connectivity index (χ3v) is 2.63. The van der Waals surface area contributed by atoms with Gasteiger partial charge in [0.1, 0.15) is 12.4 Å². The number of carbonyl (C=O) groups is 1. The number of benzene rings is 1. The molecule has 5 heteroatoms. The van der Waals surface area contributed by atoms with Crippen LogP contribution in [0.2, 0.25) is 0 Å². The van der Waals surface area contributed by atoms with E-state index in [2.05, 4.69) is 0 Å². The summed E-state index contributed by atoms with van der Waals surface area (Å²) in [5.74, 6) is 0.276. The molecule has 1 aromatic rings. The first-order chi connectivity index (χ1) is 8.49. The molecular weight excluding hydrogens is 234 g/mol. The van der Waals surface area contributed by atoms with Crippen LogP contribution in [0.1, 0.15) is 21.5 Å². The molecule has 1 rings (SSSR count). The van der Waals surface area contributed by atoms with Gasteiger partial charge in [-0.2, -0.15) is 0 Å². The van der Waals surface area contributed by atoms with Crippen LogP contribution in [0.15, 0.2) is 12.1 Å². The Balaban J connectivity index is 2.87. The third-order valence-electron chi connectivity index (χ3n) is 2.63. The molecule has 0 atom stereocenters. The maximum atomic E-state index is 11.1. The summed E-state index contributed by atoms with van der Waals surface area (Å²) in [6, 6.07) is 3.42. The molecule has 0 aromatic heterocycles. The van der Waals surface area contributed by atoms with E-state index in [4.69, 9.17) is 19.9 Å². The fraction of sp³-hybridized carbons (Fsp3) is 0.462. The standard InChI is InChI=1S/C13H19NO4/c1-8-5-10(13(14)15)6-9(2)12(8)18-7-11(16-3)17-4/h5-6,11H,7H2,1-4H3,(H2,14,15). The topological polar surface area (TPSA) is 70.8 Å². The summed E-state index contributed by atoms with van der Waals surface area (Å²) in [6.07, 6.45) is -0.417. The van der Waals surface area contributed by atoms with Crippen molar-refractivity contribution in [2.24, 2.45) is 5.73 Å². The van der Waals surface area contributed by atoms with Gasteiger partial charge in [-0.05, 0) is 37.1 Å². The monoisotopic (exact) mass is 253 g/mol. The van der Waals surface area contributed by atoms with E-state index >= 15 is 0 Å². The molecule has 0 aliphatic carbocycles. The van der Waals surface area contributed by atoms with Gasteiger partial charge < -0.3 is 19.9 Å². The highest BCUT2D eigenvalue weighted by Gasteiger charge is 2.12.